The normalized spacial score (nSPS) is 18.3. The van der Waals surface area contributed by atoms with Crippen molar-refractivity contribution in [2.75, 3.05) is 77.5 Å². The summed E-state index contributed by atoms with van der Waals surface area (Å²) in [5, 5.41) is 2.31. The Kier molecular flexibility index (Phi) is 10.0. The lowest BCUT2D eigenvalue weighted by molar-refractivity contribution is -0.114. The van der Waals surface area contributed by atoms with Gasteiger partial charge in [0.2, 0.25) is 26.0 Å². The van der Waals surface area contributed by atoms with Crippen molar-refractivity contribution in [2.45, 2.75) is 16.7 Å². The van der Waals surface area contributed by atoms with E-state index in [1.165, 1.54) is 39.8 Å². The second kappa shape index (κ2) is 12.7. The highest BCUT2D eigenvalue weighted by Crippen LogP contribution is 2.23. The fraction of sp³-hybridized carbons (Fsp3) is 0.458. The quantitative estimate of drug-likeness (QED) is 0.495. The molecule has 2 aromatic carbocycles. The van der Waals surface area contributed by atoms with Gasteiger partial charge in [-0.25, -0.2) is 25.6 Å². The minimum Gasteiger partial charge on any atom is -0.396 e. The topological polar surface area (TPSA) is 136 Å². The van der Waals surface area contributed by atoms with E-state index in [-0.39, 0.29) is 21.2 Å². The number of likely N-dealkylation sites (N-methyl/N-ethyl adjacent to an activating group) is 2. The first-order valence-electron chi connectivity index (χ1n) is 12.2. The molecule has 2 heterocycles. The number of hydrogen-bond acceptors (Lipinski definition) is 8. The van der Waals surface area contributed by atoms with Crippen molar-refractivity contribution in [3.8, 4) is 0 Å². The Hall–Kier alpha value is -2.69. The molecule has 0 aliphatic carbocycles. The number of carbonyl (C=O) groups excluding carboxylic acids is 1. The van der Waals surface area contributed by atoms with Gasteiger partial charge in [-0.3, -0.25) is 4.79 Å². The lowest BCUT2D eigenvalue weighted by Gasteiger charge is -2.31. The standard InChI is InChI=1S/C13H18FN3O3S.C11H16FN3O2S/c1-10(18)15-13-4-3-11(9-12(13)14)21(19,20)17-7-5-16(2)6-8-17;1-14-4-6-15(7-5-14)18(16,17)9-2-3-11(13)10(12)8-9/h3-4,9H,5-8H2,1-2H3,(H,15,18);2-3,8H,4-7,13H2,1H3. The Morgan fingerprint density at radius 2 is 1.15 bits per heavy atom. The number of amides is 1. The van der Waals surface area contributed by atoms with Crippen LogP contribution in [0, 0.1) is 11.6 Å². The summed E-state index contributed by atoms with van der Waals surface area (Å²) in [6.45, 7) is 5.51. The predicted molar refractivity (Wildman–Crippen MR) is 144 cm³/mol. The SMILES string of the molecule is CC(=O)Nc1ccc(S(=O)(=O)N2CCN(C)CC2)cc1F.CN1CCN(S(=O)(=O)c2ccc(N)c(F)c2)CC1. The summed E-state index contributed by atoms with van der Waals surface area (Å²) in [7, 11) is -3.45. The van der Waals surface area contributed by atoms with Gasteiger partial charge in [0.15, 0.2) is 0 Å². The van der Waals surface area contributed by atoms with Gasteiger partial charge < -0.3 is 20.9 Å². The molecule has 15 heteroatoms. The summed E-state index contributed by atoms with van der Waals surface area (Å²) in [4.78, 5) is 14.9. The van der Waals surface area contributed by atoms with Crippen LogP contribution in [0.1, 0.15) is 6.92 Å². The fourth-order valence-corrected chi connectivity index (χ4v) is 6.84. The molecule has 2 aliphatic rings. The number of nitrogens with two attached hydrogens (primary N) is 1. The van der Waals surface area contributed by atoms with Crippen molar-refractivity contribution in [3.63, 3.8) is 0 Å². The molecule has 39 heavy (non-hydrogen) atoms. The number of nitrogens with zero attached hydrogens (tertiary/aromatic N) is 4. The highest BCUT2D eigenvalue weighted by Gasteiger charge is 2.29. The van der Waals surface area contributed by atoms with Gasteiger partial charge >= 0.3 is 0 Å². The number of hydrogen-bond donors (Lipinski definition) is 2. The number of piperazine rings is 2. The van der Waals surface area contributed by atoms with Crippen LogP contribution in [0.2, 0.25) is 0 Å². The monoisotopic (exact) mass is 588 g/mol. The summed E-state index contributed by atoms with van der Waals surface area (Å²) in [6, 6.07) is 7.11. The van der Waals surface area contributed by atoms with E-state index in [4.69, 9.17) is 5.73 Å². The molecule has 0 radical (unpaired) electrons. The van der Waals surface area contributed by atoms with Crippen LogP contribution in [0.4, 0.5) is 20.2 Å². The van der Waals surface area contributed by atoms with Crippen molar-refractivity contribution in [2.24, 2.45) is 0 Å². The lowest BCUT2D eigenvalue weighted by atomic mass is 10.3. The van der Waals surface area contributed by atoms with Crippen LogP contribution in [0.25, 0.3) is 0 Å². The Labute approximate surface area is 228 Å². The van der Waals surface area contributed by atoms with Crippen molar-refractivity contribution in [3.05, 3.63) is 48.0 Å². The van der Waals surface area contributed by atoms with Gasteiger partial charge in [0.25, 0.3) is 0 Å². The van der Waals surface area contributed by atoms with Gasteiger partial charge in [-0.15, -0.1) is 0 Å². The van der Waals surface area contributed by atoms with Gasteiger partial charge in [0.05, 0.1) is 21.2 Å². The Balaban J connectivity index is 0.000000218. The van der Waals surface area contributed by atoms with Gasteiger partial charge in [0, 0.05) is 59.3 Å². The number of benzene rings is 2. The number of anilines is 2. The van der Waals surface area contributed by atoms with Crippen molar-refractivity contribution in [1.29, 1.82) is 0 Å². The Bertz CT molecular complexity index is 1390. The Morgan fingerprint density at radius 1 is 0.744 bits per heavy atom. The molecular formula is C24H34F2N6O5S2. The zero-order valence-corrected chi connectivity index (χ0v) is 23.7. The Morgan fingerprint density at radius 3 is 1.54 bits per heavy atom. The molecule has 2 fully saturated rings. The average Bonchev–Trinajstić information content (AvgIpc) is 2.87. The van der Waals surface area contributed by atoms with Crippen LogP contribution in [0.5, 0.6) is 0 Å². The zero-order valence-electron chi connectivity index (χ0n) is 22.1. The summed E-state index contributed by atoms with van der Waals surface area (Å²) >= 11 is 0. The molecular weight excluding hydrogens is 554 g/mol. The van der Waals surface area contributed by atoms with Crippen LogP contribution in [0.15, 0.2) is 46.2 Å². The van der Waals surface area contributed by atoms with Crippen LogP contribution in [-0.4, -0.2) is 108 Å². The molecule has 0 spiro atoms. The van der Waals surface area contributed by atoms with E-state index < -0.39 is 37.6 Å². The lowest BCUT2D eigenvalue weighted by Crippen LogP contribution is -2.47. The second-order valence-electron chi connectivity index (χ2n) is 9.42. The molecule has 11 nitrogen and oxygen atoms in total. The van der Waals surface area contributed by atoms with E-state index in [1.54, 1.807) is 0 Å². The zero-order chi connectivity index (χ0) is 29.0. The highest BCUT2D eigenvalue weighted by molar-refractivity contribution is 7.89. The molecule has 2 aliphatic heterocycles. The molecule has 2 saturated heterocycles. The second-order valence-corrected chi connectivity index (χ2v) is 13.3. The molecule has 0 saturated carbocycles. The molecule has 2 aromatic rings. The van der Waals surface area contributed by atoms with Crippen LogP contribution < -0.4 is 11.1 Å². The number of rotatable bonds is 5. The van der Waals surface area contributed by atoms with Gasteiger partial charge in [-0.1, -0.05) is 0 Å². The molecule has 0 aromatic heterocycles. The van der Waals surface area contributed by atoms with Crippen molar-refractivity contribution in [1.82, 2.24) is 18.4 Å². The van der Waals surface area contributed by atoms with E-state index in [9.17, 15) is 30.4 Å². The highest BCUT2D eigenvalue weighted by atomic mass is 32.2. The first kappa shape index (κ1) is 30.8. The number of nitrogens with one attached hydrogen (secondary N) is 1. The van der Waals surface area contributed by atoms with Crippen LogP contribution >= 0.6 is 0 Å². The third-order valence-electron chi connectivity index (χ3n) is 6.42. The van der Waals surface area contributed by atoms with Crippen molar-refractivity contribution >= 4 is 37.3 Å². The summed E-state index contributed by atoms with van der Waals surface area (Å²) in [5.74, 6) is -1.88. The average molecular weight is 589 g/mol. The molecule has 216 valence electrons. The summed E-state index contributed by atoms with van der Waals surface area (Å²) in [6.07, 6.45) is 0. The maximum atomic E-state index is 13.9. The fourth-order valence-electron chi connectivity index (χ4n) is 3.97. The molecule has 0 atom stereocenters. The van der Waals surface area contributed by atoms with E-state index in [0.29, 0.717) is 52.4 Å². The van der Waals surface area contributed by atoms with E-state index in [2.05, 4.69) is 10.2 Å². The van der Waals surface area contributed by atoms with Gasteiger partial charge in [-0.05, 0) is 50.5 Å². The van der Waals surface area contributed by atoms with Crippen molar-refractivity contribution < 1.29 is 30.4 Å². The first-order valence-corrected chi connectivity index (χ1v) is 15.1. The maximum absolute atomic E-state index is 13.9. The number of sulfonamides is 2. The molecule has 0 bridgehead atoms. The molecule has 1 amide bonds. The summed E-state index contributed by atoms with van der Waals surface area (Å²) in [5.41, 5.74) is 5.26. The molecule has 3 N–H and O–H groups in total. The first-order chi connectivity index (χ1) is 18.2. The summed E-state index contributed by atoms with van der Waals surface area (Å²) < 4.78 is 79.3. The third-order valence-corrected chi connectivity index (χ3v) is 10.2. The van der Waals surface area contributed by atoms with Crippen LogP contribution in [-0.2, 0) is 24.8 Å². The number of nitrogen functional groups attached to an aromatic ring is 1. The van der Waals surface area contributed by atoms with Crippen LogP contribution in [0.3, 0.4) is 0 Å². The van der Waals surface area contributed by atoms with E-state index in [0.717, 1.165) is 12.1 Å². The molecule has 4 rings (SSSR count). The number of halogens is 2. The largest absolute Gasteiger partial charge is 0.396 e. The third kappa shape index (κ3) is 7.70. The minimum absolute atomic E-state index is 0.0279. The molecule has 0 unspecified atom stereocenters. The minimum atomic E-state index is -3.70. The number of carbonyl (C=O) groups is 1. The predicted octanol–water partition coefficient (Wildman–Crippen LogP) is 1.06. The smallest absolute Gasteiger partial charge is 0.243 e. The maximum Gasteiger partial charge on any atom is 0.243 e. The van der Waals surface area contributed by atoms with E-state index in [1.807, 2.05) is 19.0 Å². The van der Waals surface area contributed by atoms with E-state index >= 15 is 0 Å². The van der Waals surface area contributed by atoms with Gasteiger partial charge in [0.1, 0.15) is 11.6 Å². The van der Waals surface area contributed by atoms with Gasteiger partial charge in [-0.2, -0.15) is 8.61 Å².